The number of anilines is 2. The molecule has 70 heavy (non-hydrogen) atoms. The average molecular weight is 1070 g/mol. The first-order chi connectivity index (χ1) is 32.9. The number of amides is 2. The van der Waals surface area contributed by atoms with Crippen molar-refractivity contribution in [3.63, 3.8) is 0 Å². The van der Waals surface area contributed by atoms with Crippen LogP contribution >= 0.6 is 0 Å². The zero-order chi connectivity index (χ0) is 50.6. The fraction of sp³-hybridized carbons (Fsp3) is 0.712. The topological polar surface area (TPSA) is 99.2 Å². The Labute approximate surface area is 422 Å². The van der Waals surface area contributed by atoms with Gasteiger partial charge in [-0.3, -0.25) is 9.80 Å². The number of nitrogens with zero attached hydrogens (tertiary/aromatic N) is 4. The molecule has 0 saturated carbocycles. The Kier molecular flexibility index (Phi) is 25.8. The lowest BCUT2D eigenvalue weighted by Crippen LogP contribution is -3.00. The number of carbonyl (C=O) groups is 3. The Bertz CT molecular complexity index is 1780. The maximum atomic E-state index is 14.4. The number of hydrogen-bond donors (Lipinski definition) is 0. The van der Waals surface area contributed by atoms with E-state index < -0.39 is 47.6 Å². The molecule has 6 fully saturated rings. The van der Waals surface area contributed by atoms with Gasteiger partial charge in [-0.05, 0) is 62.8 Å². The van der Waals surface area contributed by atoms with Crippen molar-refractivity contribution < 1.29 is 85.6 Å². The molecule has 0 N–H and O–H groups in total. The van der Waals surface area contributed by atoms with Gasteiger partial charge in [0.1, 0.15) is 42.3 Å². The monoisotopic (exact) mass is 1070 g/mol. The molecule has 6 aliphatic rings. The largest absolute Gasteiger partial charge is 1.00 e. The van der Waals surface area contributed by atoms with E-state index in [9.17, 15) is 40.3 Å². The first-order valence-electron chi connectivity index (χ1n) is 25.7. The molecule has 0 aromatic heterocycles. The summed E-state index contributed by atoms with van der Waals surface area (Å²) in [7, 11) is 0. The van der Waals surface area contributed by atoms with E-state index in [1.165, 1.54) is 100 Å². The van der Waals surface area contributed by atoms with Crippen molar-refractivity contribution in [2.45, 2.75) is 162 Å². The number of rotatable bonds is 22. The van der Waals surface area contributed by atoms with Crippen molar-refractivity contribution in [3.05, 3.63) is 59.7 Å². The second-order valence-electron chi connectivity index (χ2n) is 19.7. The number of quaternary nitrogens is 2. The van der Waals surface area contributed by atoms with Crippen molar-refractivity contribution in [2.24, 2.45) is 11.8 Å². The maximum Gasteiger partial charge on any atom is 0.430 e. The first-order valence-corrected chi connectivity index (χ1v) is 25.7. The highest BCUT2D eigenvalue weighted by Crippen LogP contribution is 2.38. The minimum atomic E-state index is -5.19. The highest BCUT2D eigenvalue weighted by Gasteiger charge is 2.49. The van der Waals surface area contributed by atoms with E-state index in [1.54, 1.807) is 0 Å². The summed E-state index contributed by atoms with van der Waals surface area (Å²) in [5, 5.41) is 8.78. The summed E-state index contributed by atoms with van der Waals surface area (Å²) < 4.78 is 102. The molecule has 6 aliphatic heterocycles. The number of benzene rings is 2. The lowest BCUT2D eigenvalue weighted by atomic mass is 9.83. The van der Waals surface area contributed by atoms with Crippen LogP contribution in [0.1, 0.15) is 143 Å². The van der Waals surface area contributed by atoms with Crippen molar-refractivity contribution in [2.75, 3.05) is 75.2 Å². The molecule has 0 spiro atoms. The fourth-order valence-corrected chi connectivity index (χ4v) is 10.5. The number of aliphatic carboxylic acids is 1. The fourth-order valence-electron chi connectivity index (χ4n) is 10.5. The van der Waals surface area contributed by atoms with E-state index in [4.69, 9.17) is 19.4 Å². The Morgan fingerprint density at radius 2 is 0.900 bits per heavy atom. The zero-order valence-corrected chi connectivity index (χ0v) is 43.4. The molecule has 6 saturated heterocycles. The van der Waals surface area contributed by atoms with Gasteiger partial charge in [-0.2, -0.15) is 13.2 Å². The Morgan fingerprint density at radius 3 is 1.21 bits per heavy atom. The molecule has 8 rings (SSSR count). The second kappa shape index (κ2) is 29.8. The van der Waals surface area contributed by atoms with Gasteiger partial charge in [0.05, 0.1) is 50.6 Å². The van der Waals surface area contributed by atoms with Gasteiger partial charge in [0.15, 0.2) is 12.2 Å². The average Bonchev–Trinajstić information content (AvgIpc) is 3.32. The van der Waals surface area contributed by atoms with Crippen LogP contribution in [0.2, 0.25) is 0 Å². The second-order valence-corrected chi connectivity index (χ2v) is 19.7. The van der Waals surface area contributed by atoms with Gasteiger partial charge in [0.25, 0.3) is 0 Å². The molecule has 0 aliphatic carbocycles. The minimum absolute atomic E-state index is 0. The highest BCUT2D eigenvalue weighted by molar-refractivity contribution is 5.88. The molecule has 4 bridgehead atoms. The molecular weight excluding hydrogens is 989 g/mol. The standard InChI is InChI=1S/2C25H39F2N2O2.C2HF3O2.BrH/c2*1-3-5-7-8-9-15-29-16-12-20(13-17-29)24(19-29)31-25(30)28(14-6-4-2)23-18-21(26)10-11-22(23)27;3-2(4,5)1(6)7;/h2*10-11,18,20,24H,3-9,12-17,19H2,1-2H3;(H,6,7);1H/q2*+1;;/p-2/t2*20?,24-,29?;;/m00../s1. The van der Waals surface area contributed by atoms with Crippen LogP contribution in [0.4, 0.5) is 51.7 Å². The summed E-state index contributed by atoms with van der Waals surface area (Å²) in [6, 6.07) is 6.47. The van der Waals surface area contributed by atoms with Gasteiger partial charge in [-0.25, -0.2) is 27.2 Å². The van der Waals surface area contributed by atoms with Crippen molar-refractivity contribution in [3.8, 4) is 0 Å². The Morgan fingerprint density at radius 1 is 0.571 bits per heavy atom. The quantitative estimate of drug-likeness (QED) is 0.0665. The third kappa shape index (κ3) is 18.4. The number of carbonyl (C=O) groups excluding carboxylic acids is 3. The van der Waals surface area contributed by atoms with E-state index in [2.05, 4.69) is 13.8 Å². The van der Waals surface area contributed by atoms with E-state index in [-0.39, 0.29) is 40.6 Å². The molecule has 0 unspecified atom stereocenters. The van der Waals surface area contributed by atoms with Crippen LogP contribution in [-0.2, 0) is 14.3 Å². The number of piperidine rings is 6. The van der Waals surface area contributed by atoms with Crippen LogP contribution in [0.15, 0.2) is 36.4 Å². The summed E-state index contributed by atoms with van der Waals surface area (Å²) in [6.45, 7) is 17.8. The number of carboxylic acids is 1. The van der Waals surface area contributed by atoms with Gasteiger partial charge in [0.2, 0.25) is 0 Å². The molecule has 398 valence electrons. The predicted molar refractivity (Wildman–Crippen MR) is 251 cm³/mol. The van der Waals surface area contributed by atoms with Crippen LogP contribution in [0, 0.1) is 35.1 Å². The van der Waals surface area contributed by atoms with Crippen molar-refractivity contribution in [1.29, 1.82) is 0 Å². The first kappa shape index (κ1) is 60.7. The molecule has 2 aromatic carbocycles. The number of halogens is 8. The number of alkyl halides is 3. The SMILES string of the molecule is CCCCCCC[N+]12CCC(CC1)[C@@H](OC(=O)N(CCCC)c1cc(F)ccc1F)C2.CCCCCCC[N+]12CCC(CC1)[C@@H](OC(=O)N(CCCC)c1cc(F)ccc1F)C2.O=C([O-])C(F)(F)F.[Br-]. The van der Waals surface area contributed by atoms with E-state index in [0.29, 0.717) is 37.8 Å². The summed E-state index contributed by atoms with van der Waals surface area (Å²) in [4.78, 5) is 37.6. The molecule has 2 atom stereocenters. The smallest absolute Gasteiger partial charge is 0.430 e. The minimum Gasteiger partial charge on any atom is -1.00 e. The van der Waals surface area contributed by atoms with Crippen LogP contribution < -0.4 is 31.9 Å². The van der Waals surface area contributed by atoms with Crippen LogP contribution in [0.25, 0.3) is 0 Å². The Hall–Kier alpha value is -3.64. The number of hydrogen-bond acceptors (Lipinski definition) is 6. The predicted octanol–water partition coefficient (Wildman–Crippen LogP) is 8.88. The molecular formula is C52H78BrF7N4O6. The van der Waals surface area contributed by atoms with Crippen LogP contribution in [0.3, 0.4) is 0 Å². The lowest BCUT2D eigenvalue weighted by Gasteiger charge is -2.52. The molecule has 6 heterocycles. The van der Waals surface area contributed by atoms with Gasteiger partial charge >= 0.3 is 18.4 Å². The number of ether oxygens (including phenoxy) is 2. The normalized spacial score (nSPS) is 23.2. The number of carboxylic acid groups (broad SMARTS) is 1. The molecule has 18 heteroatoms. The van der Waals surface area contributed by atoms with E-state index in [1.807, 2.05) is 13.8 Å². The zero-order valence-electron chi connectivity index (χ0n) is 41.8. The van der Waals surface area contributed by atoms with Crippen molar-refractivity contribution in [1.82, 2.24) is 0 Å². The lowest BCUT2D eigenvalue weighted by molar-refractivity contribution is -0.946. The van der Waals surface area contributed by atoms with Gasteiger partial charge < -0.3 is 45.3 Å². The number of fused-ring (bicyclic) bond motifs is 6. The van der Waals surface area contributed by atoms with Gasteiger partial charge in [0, 0.05) is 62.7 Å². The van der Waals surface area contributed by atoms with E-state index >= 15 is 0 Å². The molecule has 2 aromatic rings. The van der Waals surface area contributed by atoms with Gasteiger partial charge in [-0.1, -0.05) is 79.1 Å². The molecule has 0 radical (unpaired) electrons. The van der Waals surface area contributed by atoms with Gasteiger partial charge in [-0.15, -0.1) is 0 Å². The third-order valence-electron chi connectivity index (χ3n) is 14.6. The number of unbranched alkanes of at least 4 members (excludes halogenated alkanes) is 10. The summed E-state index contributed by atoms with van der Waals surface area (Å²) >= 11 is 0. The van der Waals surface area contributed by atoms with Crippen LogP contribution in [0.5, 0.6) is 0 Å². The highest BCUT2D eigenvalue weighted by atomic mass is 79.9. The Balaban J connectivity index is 0.000000322. The third-order valence-corrected chi connectivity index (χ3v) is 14.6. The molecule has 2 amide bonds. The van der Waals surface area contributed by atoms with Crippen molar-refractivity contribution >= 4 is 29.5 Å². The summed E-state index contributed by atoms with van der Waals surface area (Å²) in [5.74, 6) is -4.54. The summed E-state index contributed by atoms with van der Waals surface area (Å²) in [6.07, 6.45) is 13.6. The molecule has 10 nitrogen and oxygen atoms in total. The summed E-state index contributed by atoms with van der Waals surface area (Å²) in [5.41, 5.74) is -0.0564. The van der Waals surface area contributed by atoms with E-state index in [0.717, 1.165) is 110 Å². The maximum absolute atomic E-state index is 14.4. The van der Waals surface area contributed by atoms with Crippen LogP contribution in [-0.4, -0.2) is 111 Å².